The van der Waals surface area contributed by atoms with Gasteiger partial charge in [-0.15, -0.1) is 0 Å². The van der Waals surface area contributed by atoms with Crippen LogP contribution in [0.25, 0.3) is 10.9 Å². The summed E-state index contributed by atoms with van der Waals surface area (Å²) in [5, 5.41) is 10.1. The second-order valence-corrected chi connectivity index (χ2v) is 8.72. The van der Waals surface area contributed by atoms with E-state index in [0.717, 1.165) is 12.0 Å². The van der Waals surface area contributed by atoms with E-state index in [0.29, 0.717) is 29.2 Å². The summed E-state index contributed by atoms with van der Waals surface area (Å²) in [6, 6.07) is 24.2. The van der Waals surface area contributed by atoms with Gasteiger partial charge in [-0.05, 0) is 47.9 Å². The lowest BCUT2D eigenvalue weighted by Crippen LogP contribution is -2.27. The van der Waals surface area contributed by atoms with Crippen LogP contribution in [-0.4, -0.2) is 33.0 Å². The minimum atomic E-state index is -0.340. The molecule has 2 aromatic heterocycles. The van der Waals surface area contributed by atoms with Gasteiger partial charge in [0, 0.05) is 17.8 Å². The van der Waals surface area contributed by atoms with Crippen molar-refractivity contribution in [1.29, 1.82) is 0 Å². The SMILES string of the molecule is COc1cc(O)ccc1Cn1c(COc2ccc(Cc3ccccc3)cc2)nc2c(C=O)nccc2c1=O. The van der Waals surface area contributed by atoms with E-state index in [1.54, 1.807) is 6.07 Å². The van der Waals surface area contributed by atoms with Crippen molar-refractivity contribution in [3.05, 3.63) is 124 Å². The molecule has 190 valence electrons. The molecule has 0 radical (unpaired) electrons. The summed E-state index contributed by atoms with van der Waals surface area (Å²) in [4.78, 5) is 33.8. The van der Waals surface area contributed by atoms with E-state index in [2.05, 4.69) is 22.1 Å². The first-order valence-corrected chi connectivity index (χ1v) is 12.0. The van der Waals surface area contributed by atoms with E-state index in [1.165, 1.54) is 41.6 Å². The Morgan fingerprint density at radius 1 is 0.974 bits per heavy atom. The highest BCUT2D eigenvalue weighted by molar-refractivity contribution is 5.92. The lowest BCUT2D eigenvalue weighted by molar-refractivity contribution is 0.112. The van der Waals surface area contributed by atoms with Gasteiger partial charge in [0.1, 0.15) is 35.1 Å². The number of methoxy groups -OCH3 is 1. The van der Waals surface area contributed by atoms with Crippen molar-refractivity contribution in [1.82, 2.24) is 14.5 Å². The zero-order chi connectivity index (χ0) is 26.5. The molecule has 3 aromatic carbocycles. The minimum Gasteiger partial charge on any atom is -0.508 e. The van der Waals surface area contributed by atoms with Crippen LogP contribution in [0, 0.1) is 0 Å². The number of aromatic hydroxyl groups is 1. The summed E-state index contributed by atoms with van der Waals surface area (Å²) >= 11 is 0. The number of hydrogen-bond donors (Lipinski definition) is 1. The second kappa shape index (κ2) is 11.0. The van der Waals surface area contributed by atoms with E-state index < -0.39 is 0 Å². The van der Waals surface area contributed by atoms with Crippen molar-refractivity contribution < 1.29 is 19.4 Å². The van der Waals surface area contributed by atoms with Crippen LogP contribution in [0.5, 0.6) is 17.2 Å². The fourth-order valence-electron chi connectivity index (χ4n) is 4.29. The Balaban J connectivity index is 1.47. The molecule has 38 heavy (non-hydrogen) atoms. The highest BCUT2D eigenvalue weighted by Crippen LogP contribution is 2.25. The third-order valence-corrected chi connectivity index (χ3v) is 6.23. The number of fused-ring (bicyclic) bond motifs is 1. The lowest BCUT2D eigenvalue weighted by Gasteiger charge is -2.16. The van der Waals surface area contributed by atoms with E-state index in [1.807, 2.05) is 42.5 Å². The molecule has 1 N–H and O–H groups in total. The van der Waals surface area contributed by atoms with Crippen LogP contribution < -0.4 is 15.0 Å². The predicted octanol–water partition coefficient (Wildman–Crippen LogP) is 4.54. The van der Waals surface area contributed by atoms with E-state index in [9.17, 15) is 14.7 Å². The molecular weight excluding hydrogens is 482 g/mol. The Labute approximate surface area is 218 Å². The van der Waals surface area contributed by atoms with Gasteiger partial charge in [-0.3, -0.25) is 19.1 Å². The van der Waals surface area contributed by atoms with Gasteiger partial charge in [0.25, 0.3) is 5.56 Å². The molecule has 8 heteroatoms. The first-order valence-electron chi connectivity index (χ1n) is 12.0. The molecule has 5 rings (SSSR count). The molecule has 0 aliphatic rings. The van der Waals surface area contributed by atoms with Crippen LogP contribution in [0.15, 0.2) is 89.9 Å². The van der Waals surface area contributed by atoms with Gasteiger partial charge >= 0.3 is 0 Å². The van der Waals surface area contributed by atoms with Gasteiger partial charge in [0.05, 0.1) is 19.0 Å². The van der Waals surface area contributed by atoms with Crippen LogP contribution >= 0.6 is 0 Å². The monoisotopic (exact) mass is 507 g/mol. The molecule has 5 aromatic rings. The fourth-order valence-corrected chi connectivity index (χ4v) is 4.29. The van der Waals surface area contributed by atoms with E-state index in [-0.39, 0.29) is 41.1 Å². The molecule has 0 fully saturated rings. The number of rotatable bonds is 9. The van der Waals surface area contributed by atoms with Gasteiger partial charge in [-0.2, -0.15) is 0 Å². The molecule has 0 unspecified atom stereocenters. The maximum atomic E-state index is 13.6. The van der Waals surface area contributed by atoms with Crippen molar-refractivity contribution in [2.24, 2.45) is 0 Å². The largest absolute Gasteiger partial charge is 0.508 e. The van der Waals surface area contributed by atoms with Crippen molar-refractivity contribution >= 4 is 17.2 Å². The standard InChI is InChI=1S/C30H25N3O5/c1-37-27-16-23(35)10-9-22(27)17-33-28(32-29-25(30(33)36)13-14-31-26(29)18-34)19-38-24-11-7-21(8-12-24)15-20-5-3-2-4-6-20/h2-14,16,18,35H,15,17,19H2,1H3. The van der Waals surface area contributed by atoms with Crippen molar-refractivity contribution in [2.45, 2.75) is 19.6 Å². The average Bonchev–Trinajstić information content (AvgIpc) is 2.95. The normalized spacial score (nSPS) is 10.9. The summed E-state index contributed by atoms with van der Waals surface area (Å²) in [6.45, 7) is 0.107. The molecule has 0 saturated carbocycles. The van der Waals surface area contributed by atoms with Gasteiger partial charge < -0.3 is 14.6 Å². The zero-order valence-electron chi connectivity index (χ0n) is 20.7. The molecule has 0 atom stereocenters. The number of benzene rings is 3. The number of ether oxygens (including phenoxy) is 2. The van der Waals surface area contributed by atoms with Crippen LogP contribution in [0.4, 0.5) is 0 Å². The first-order chi connectivity index (χ1) is 18.6. The number of aromatic nitrogens is 3. The first kappa shape index (κ1) is 24.7. The molecule has 0 amide bonds. The van der Waals surface area contributed by atoms with Crippen LogP contribution in [-0.2, 0) is 19.6 Å². The Hall–Kier alpha value is -4.98. The molecule has 2 heterocycles. The number of phenols is 1. The topological polar surface area (TPSA) is 104 Å². The van der Waals surface area contributed by atoms with E-state index in [4.69, 9.17) is 9.47 Å². The molecule has 0 aliphatic carbocycles. The Morgan fingerprint density at radius 2 is 1.74 bits per heavy atom. The maximum Gasteiger partial charge on any atom is 0.261 e. The fraction of sp³-hybridized carbons (Fsp3) is 0.133. The minimum absolute atomic E-state index is 0.0171. The van der Waals surface area contributed by atoms with Gasteiger partial charge in [-0.1, -0.05) is 42.5 Å². The number of aldehydes is 1. The van der Waals surface area contributed by atoms with Crippen LogP contribution in [0.1, 0.15) is 33.0 Å². The number of carbonyl (C=O) groups excluding carboxylic acids is 1. The van der Waals surface area contributed by atoms with Gasteiger partial charge in [0.2, 0.25) is 0 Å². The summed E-state index contributed by atoms with van der Waals surface area (Å²) in [5.74, 6) is 1.42. The van der Waals surface area contributed by atoms with E-state index >= 15 is 0 Å². The summed E-state index contributed by atoms with van der Waals surface area (Å²) in [6.07, 6.45) is 2.80. The Morgan fingerprint density at radius 3 is 2.47 bits per heavy atom. The van der Waals surface area contributed by atoms with Crippen molar-refractivity contribution in [3.8, 4) is 17.2 Å². The number of carbonyl (C=O) groups is 1. The third-order valence-electron chi connectivity index (χ3n) is 6.23. The summed E-state index contributed by atoms with van der Waals surface area (Å²) < 4.78 is 12.9. The summed E-state index contributed by atoms with van der Waals surface area (Å²) in [7, 11) is 1.49. The molecule has 0 spiro atoms. The molecule has 0 aliphatic heterocycles. The zero-order valence-corrected chi connectivity index (χ0v) is 20.7. The van der Waals surface area contributed by atoms with Crippen molar-refractivity contribution in [3.63, 3.8) is 0 Å². The number of pyridine rings is 1. The maximum absolute atomic E-state index is 13.6. The molecule has 0 saturated heterocycles. The number of hydrogen-bond acceptors (Lipinski definition) is 7. The quantitative estimate of drug-likeness (QED) is 0.292. The molecular formula is C30H25N3O5. The van der Waals surface area contributed by atoms with Crippen LogP contribution in [0.2, 0.25) is 0 Å². The Bertz CT molecular complexity index is 1650. The average molecular weight is 508 g/mol. The number of nitrogens with zero attached hydrogens (tertiary/aromatic N) is 3. The molecule has 8 nitrogen and oxygen atoms in total. The predicted molar refractivity (Wildman–Crippen MR) is 143 cm³/mol. The van der Waals surface area contributed by atoms with Crippen molar-refractivity contribution in [2.75, 3.05) is 7.11 Å². The second-order valence-electron chi connectivity index (χ2n) is 8.72. The van der Waals surface area contributed by atoms with Gasteiger partial charge in [-0.25, -0.2) is 4.98 Å². The highest BCUT2D eigenvalue weighted by atomic mass is 16.5. The third kappa shape index (κ3) is 5.24. The lowest BCUT2D eigenvalue weighted by atomic mass is 10.1. The smallest absolute Gasteiger partial charge is 0.261 e. The highest BCUT2D eigenvalue weighted by Gasteiger charge is 2.17. The Kier molecular flexibility index (Phi) is 7.13. The van der Waals surface area contributed by atoms with Gasteiger partial charge in [0.15, 0.2) is 12.1 Å². The molecule has 0 bridgehead atoms. The summed E-state index contributed by atoms with van der Waals surface area (Å²) in [5.41, 5.74) is 3.00. The number of phenolic OH excluding ortho intramolecular Hbond substituents is 1. The van der Waals surface area contributed by atoms with Crippen LogP contribution in [0.3, 0.4) is 0 Å².